The topological polar surface area (TPSA) is 29.5 Å². The van der Waals surface area contributed by atoms with Crippen molar-refractivity contribution >= 4 is 33.2 Å². The summed E-state index contributed by atoms with van der Waals surface area (Å²) in [5.74, 6) is 0.111. The normalized spacial score (nSPS) is 15.9. The lowest BCUT2D eigenvalue weighted by Gasteiger charge is -2.26. The van der Waals surface area contributed by atoms with Crippen molar-refractivity contribution in [2.75, 3.05) is 26.8 Å². The van der Waals surface area contributed by atoms with E-state index in [2.05, 4.69) is 22.0 Å². The average Bonchev–Trinajstić information content (AvgIpc) is 2.76. The van der Waals surface area contributed by atoms with Crippen LogP contribution < -0.4 is 0 Å². The summed E-state index contributed by atoms with van der Waals surface area (Å²) < 4.78 is 5.98. The molecule has 2 rings (SSSR count). The van der Waals surface area contributed by atoms with Gasteiger partial charge >= 0.3 is 0 Å². The first kappa shape index (κ1) is 12.8. The van der Waals surface area contributed by atoms with Crippen molar-refractivity contribution in [2.24, 2.45) is 0 Å². The molecule has 2 heterocycles. The average molecular weight is 316 g/mol. The molecule has 1 aromatic rings. The van der Waals surface area contributed by atoms with Crippen molar-refractivity contribution in [3.63, 3.8) is 0 Å². The van der Waals surface area contributed by atoms with E-state index in [0.717, 1.165) is 22.3 Å². The maximum Gasteiger partial charge on any atom is 0.265 e. The zero-order valence-corrected chi connectivity index (χ0v) is 12.0. The van der Waals surface area contributed by atoms with Crippen molar-refractivity contribution in [1.29, 1.82) is 0 Å². The zero-order valence-electron chi connectivity index (χ0n) is 9.61. The molecule has 5 heteroatoms. The van der Waals surface area contributed by atoms with Gasteiger partial charge in [0.15, 0.2) is 0 Å². The molecule has 0 unspecified atom stereocenters. The third-order valence-corrected chi connectivity index (χ3v) is 4.56. The second kappa shape index (κ2) is 5.80. The molecular weight excluding hydrogens is 302 g/mol. The molecule has 0 fully saturated rings. The van der Waals surface area contributed by atoms with Gasteiger partial charge in [0, 0.05) is 24.7 Å². The SMILES string of the molecule is COCC1=CCN(C(=O)c2sccc2Br)CC1. The molecule has 17 heavy (non-hydrogen) atoms. The van der Waals surface area contributed by atoms with Crippen LogP contribution in [0.3, 0.4) is 0 Å². The van der Waals surface area contributed by atoms with E-state index >= 15 is 0 Å². The van der Waals surface area contributed by atoms with E-state index in [1.807, 2.05) is 16.3 Å². The highest BCUT2D eigenvalue weighted by Gasteiger charge is 2.21. The lowest BCUT2D eigenvalue weighted by atomic mass is 10.1. The van der Waals surface area contributed by atoms with Gasteiger partial charge in [-0.15, -0.1) is 11.3 Å². The molecule has 0 radical (unpaired) electrons. The van der Waals surface area contributed by atoms with Crippen molar-refractivity contribution in [1.82, 2.24) is 4.90 Å². The van der Waals surface area contributed by atoms with Crippen LogP contribution in [0.4, 0.5) is 0 Å². The Hall–Kier alpha value is -0.650. The smallest absolute Gasteiger partial charge is 0.265 e. The quantitative estimate of drug-likeness (QED) is 0.803. The van der Waals surface area contributed by atoms with E-state index < -0.39 is 0 Å². The number of amides is 1. The minimum Gasteiger partial charge on any atom is -0.380 e. The predicted molar refractivity (Wildman–Crippen MR) is 72.5 cm³/mol. The van der Waals surface area contributed by atoms with Gasteiger partial charge in [-0.2, -0.15) is 0 Å². The Balaban J connectivity index is 2.02. The summed E-state index contributed by atoms with van der Waals surface area (Å²) in [6.07, 6.45) is 3.00. The Labute approximate surface area is 113 Å². The van der Waals surface area contributed by atoms with Crippen molar-refractivity contribution < 1.29 is 9.53 Å². The molecule has 0 saturated heterocycles. The van der Waals surface area contributed by atoms with Crippen LogP contribution in [-0.4, -0.2) is 37.6 Å². The first-order chi connectivity index (χ1) is 8.22. The summed E-state index contributed by atoms with van der Waals surface area (Å²) in [5, 5.41) is 1.92. The van der Waals surface area contributed by atoms with Crippen molar-refractivity contribution in [3.05, 3.63) is 32.4 Å². The van der Waals surface area contributed by atoms with Gasteiger partial charge in [-0.25, -0.2) is 0 Å². The summed E-state index contributed by atoms with van der Waals surface area (Å²) in [6.45, 7) is 2.13. The minimum atomic E-state index is 0.111. The molecule has 1 aliphatic rings. The highest BCUT2D eigenvalue weighted by Crippen LogP contribution is 2.25. The number of rotatable bonds is 3. The fourth-order valence-electron chi connectivity index (χ4n) is 1.80. The number of hydrogen-bond acceptors (Lipinski definition) is 3. The molecule has 1 aromatic heterocycles. The Kier molecular flexibility index (Phi) is 4.36. The summed E-state index contributed by atoms with van der Waals surface area (Å²) in [7, 11) is 1.70. The molecule has 3 nitrogen and oxygen atoms in total. The summed E-state index contributed by atoms with van der Waals surface area (Å²) in [5.41, 5.74) is 1.28. The third kappa shape index (κ3) is 2.97. The van der Waals surface area contributed by atoms with Gasteiger partial charge in [0.25, 0.3) is 5.91 Å². The Morgan fingerprint density at radius 2 is 2.47 bits per heavy atom. The first-order valence-corrected chi connectivity index (χ1v) is 7.08. The van der Waals surface area contributed by atoms with E-state index in [9.17, 15) is 4.79 Å². The number of hydrogen-bond donors (Lipinski definition) is 0. The minimum absolute atomic E-state index is 0.111. The second-order valence-electron chi connectivity index (χ2n) is 3.89. The summed E-state index contributed by atoms with van der Waals surface area (Å²) in [4.78, 5) is 14.8. The van der Waals surface area contributed by atoms with Gasteiger partial charge in [-0.3, -0.25) is 4.79 Å². The van der Waals surface area contributed by atoms with Crippen molar-refractivity contribution in [2.45, 2.75) is 6.42 Å². The van der Waals surface area contributed by atoms with E-state index in [1.165, 1.54) is 16.9 Å². The van der Waals surface area contributed by atoms with E-state index in [-0.39, 0.29) is 5.91 Å². The molecular formula is C12H14BrNO2S. The number of carbonyl (C=O) groups excluding carboxylic acids is 1. The van der Waals surface area contributed by atoms with Crippen LogP contribution in [0.25, 0.3) is 0 Å². The Morgan fingerprint density at radius 1 is 1.65 bits per heavy atom. The molecule has 1 aliphatic heterocycles. The number of thiophene rings is 1. The molecule has 0 bridgehead atoms. The molecule has 1 amide bonds. The second-order valence-corrected chi connectivity index (χ2v) is 5.66. The van der Waals surface area contributed by atoms with Gasteiger partial charge in [0.2, 0.25) is 0 Å². The maximum atomic E-state index is 12.2. The lowest BCUT2D eigenvalue weighted by Crippen LogP contribution is -2.35. The van der Waals surface area contributed by atoms with Crippen LogP contribution in [0.15, 0.2) is 27.6 Å². The first-order valence-electron chi connectivity index (χ1n) is 5.41. The van der Waals surface area contributed by atoms with Crippen LogP contribution in [0.1, 0.15) is 16.1 Å². The molecule has 0 aliphatic carbocycles. The van der Waals surface area contributed by atoms with Crippen LogP contribution in [0.2, 0.25) is 0 Å². The summed E-state index contributed by atoms with van der Waals surface area (Å²) >= 11 is 4.88. The van der Waals surface area contributed by atoms with E-state index in [0.29, 0.717) is 13.2 Å². The van der Waals surface area contributed by atoms with Gasteiger partial charge in [0.1, 0.15) is 4.88 Å². The van der Waals surface area contributed by atoms with Crippen LogP contribution >= 0.6 is 27.3 Å². The fourth-order valence-corrected chi connectivity index (χ4v) is 3.31. The van der Waals surface area contributed by atoms with Gasteiger partial charge < -0.3 is 9.64 Å². The molecule has 0 N–H and O–H groups in total. The molecule has 92 valence electrons. The fraction of sp³-hybridized carbons (Fsp3) is 0.417. The number of nitrogens with zero attached hydrogens (tertiary/aromatic N) is 1. The Bertz CT molecular complexity index is 441. The lowest BCUT2D eigenvalue weighted by molar-refractivity contribution is 0.0769. The molecule has 0 atom stereocenters. The zero-order chi connectivity index (χ0) is 12.3. The van der Waals surface area contributed by atoms with Crippen LogP contribution in [0, 0.1) is 0 Å². The van der Waals surface area contributed by atoms with Crippen molar-refractivity contribution in [3.8, 4) is 0 Å². The van der Waals surface area contributed by atoms with Gasteiger partial charge in [-0.1, -0.05) is 6.08 Å². The largest absolute Gasteiger partial charge is 0.380 e. The molecule has 0 saturated carbocycles. The Morgan fingerprint density at radius 3 is 3.00 bits per heavy atom. The number of ether oxygens (including phenoxy) is 1. The highest BCUT2D eigenvalue weighted by molar-refractivity contribution is 9.10. The summed E-state index contributed by atoms with van der Waals surface area (Å²) in [6, 6.07) is 1.91. The van der Waals surface area contributed by atoms with Crippen LogP contribution in [0.5, 0.6) is 0 Å². The van der Waals surface area contributed by atoms with Gasteiger partial charge in [-0.05, 0) is 39.4 Å². The van der Waals surface area contributed by atoms with Gasteiger partial charge in [0.05, 0.1) is 6.61 Å². The number of carbonyl (C=O) groups is 1. The standard InChI is InChI=1S/C12H14BrNO2S/c1-16-8-9-2-5-14(6-3-9)12(15)11-10(13)4-7-17-11/h2,4,7H,3,5-6,8H2,1H3. The molecule has 0 aromatic carbocycles. The predicted octanol–water partition coefficient (Wildman–Crippen LogP) is 2.93. The van der Waals surface area contributed by atoms with Crippen LogP contribution in [-0.2, 0) is 4.74 Å². The number of halogens is 1. The number of methoxy groups -OCH3 is 1. The monoisotopic (exact) mass is 315 g/mol. The van der Waals surface area contributed by atoms with E-state index in [1.54, 1.807) is 7.11 Å². The van der Waals surface area contributed by atoms with E-state index in [4.69, 9.17) is 4.74 Å². The highest BCUT2D eigenvalue weighted by atomic mass is 79.9. The molecule has 0 spiro atoms. The third-order valence-electron chi connectivity index (χ3n) is 2.73. The maximum absolute atomic E-state index is 12.2.